The molecule has 0 aromatic heterocycles. The van der Waals surface area contributed by atoms with Crippen LogP contribution in [-0.2, 0) is 9.59 Å². The van der Waals surface area contributed by atoms with Gasteiger partial charge in [-0.1, -0.05) is 18.2 Å². The summed E-state index contributed by atoms with van der Waals surface area (Å²) < 4.78 is 0. The molecule has 21 heavy (non-hydrogen) atoms. The molecule has 2 rings (SSSR count). The predicted molar refractivity (Wildman–Crippen MR) is 78.7 cm³/mol. The minimum atomic E-state index is -0.654. The summed E-state index contributed by atoms with van der Waals surface area (Å²) in [6.45, 7) is 3.31. The number of amides is 2. The van der Waals surface area contributed by atoms with Crippen molar-refractivity contribution in [2.45, 2.75) is 26.0 Å². The van der Waals surface area contributed by atoms with Gasteiger partial charge in [-0.15, -0.1) is 0 Å². The Morgan fingerprint density at radius 2 is 2.14 bits per heavy atom. The van der Waals surface area contributed by atoms with Crippen LogP contribution in [0.25, 0.3) is 0 Å². The largest absolute Gasteiger partial charge is 0.392 e. The second-order valence-corrected chi connectivity index (χ2v) is 4.83. The molecule has 0 aliphatic carbocycles. The molecule has 0 bridgehead atoms. The molecule has 2 amide bonds. The van der Waals surface area contributed by atoms with Gasteiger partial charge in [-0.3, -0.25) is 15.0 Å². The molecular weight excluding hydrogens is 272 g/mol. The summed E-state index contributed by atoms with van der Waals surface area (Å²) in [5.41, 5.74) is 3.34. The van der Waals surface area contributed by atoms with Gasteiger partial charge in [0, 0.05) is 6.54 Å². The van der Waals surface area contributed by atoms with Crippen LogP contribution >= 0.6 is 0 Å². The van der Waals surface area contributed by atoms with Crippen molar-refractivity contribution in [1.29, 1.82) is 0 Å². The van der Waals surface area contributed by atoms with Crippen LogP contribution in [0, 0.1) is 0 Å². The Labute approximate surface area is 122 Å². The minimum absolute atomic E-state index is 0.0478. The highest BCUT2D eigenvalue weighted by Gasteiger charge is 2.30. The third-order valence-corrected chi connectivity index (χ3v) is 2.91. The molecule has 0 fully saturated rings. The topological polar surface area (TPSA) is 94.0 Å². The third-order valence-electron chi connectivity index (χ3n) is 2.91. The molecular formula is C14H18N4O3. The van der Waals surface area contributed by atoms with Crippen LogP contribution in [0.4, 0.5) is 5.69 Å². The highest BCUT2D eigenvalue weighted by molar-refractivity contribution is 6.39. The fourth-order valence-corrected chi connectivity index (χ4v) is 1.83. The smallest absolute Gasteiger partial charge is 0.288 e. The zero-order valence-corrected chi connectivity index (χ0v) is 11.9. The summed E-state index contributed by atoms with van der Waals surface area (Å²) in [6, 6.07) is 8.30. The van der Waals surface area contributed by atoms with E-state index in [9.17, 15) is 14.7 Å². The van der Waals surface area contributed by atoms with Gasteiger partial charge in [0.05, 0.1) is 11.8 Å². The van der Waals surface area contributed by atoms with E-state index in [1.54, 1.807) is 38.1 Å². The lowest BCUT2D eigenvalue weighted by Crippen LogP contribution is -2.58. The number of hydrogen-bond donors (Lipinski definition) is 3. The first-order valence-corrected chi connectivity index (χ1v) is 6.68. The van der Waals surface area contributed by atoms with Crippen molar-refractivity contribution in [3.63, 3.8) is 0 Å². The first kappa shape index (κ1) is 15.0. The maximum absolute atomic E-state index is 12.1. The number of aliphatic hydroxyl groups excluding tert-OH is 1. The minimum Gasteiger partial charge on any atom is -0.392 e. The maximum atomic E-state index is 12.1. The van der Waals surface area contributed by atoms with E-state index in [1.807, 2.05) is 6.07 Å². The molecule has 7 nitrogen and oxygen atoms in total. The molecule has 2 atom stereocenters. The summed E-state index contributed by atoms with van der Waals surface area (Å²) in [4.78, 5) is 28.2. The van der Waals surface area contributed by atoms with Crippen molar-refractivity contribution < 1.29 is 14.7 Å². The second-order valence-electron chi connectivity index (χ2n) is 4.83. The van der Waals surface area contributed by atoms with Crippen LogP contribution in [0.15, 0.2) is 35.3 Å². The van der Waals surface area contributed by atoms with Gasteiger partial charge < -0.3 is 10.4 Å². The molecule has 1 aliphatic rings. The van der Waals surface area contributed by atoms with E-state index in [1.165, 1.54) is 5.01 Å². The number of nitrogens with zero attached hydrogens (tertiary/aromatic N) is 2. The number of para-hydroxylation sites is 1. The van der Waals surface area contributed by atoms with Gasteiger partial charge in [0.1, 0.15) is 6.04 Å². The molecule has 3 N–H and O–H groups in total. The van der Waals surface area contributed by atoms with Gasteiger partial charge >= 0.3 is 0 Å². The number of nitrogens with one attached hydrogen (secondary N) is 2. The van der Waals surface area contributed by atoms with Crippen molar-refractivity contribution >= 4 is 23.3 Å². The number of carbonyl (C=O) groups is 2. The molecule has 1 aromatic carbocycles. The molecule has 112 valence electrons. The molecule has 1 aliphatic heterocycles. The summed E-state index contributed by atoms with van der Waals surface area (Å²) in [6.07, 6.45) is -0.651. The lowest BCUT2D eigenvalue weighted by atomic mass is 10.2. The molecule has 0 radical (unpaired) electrons. The Morgan fingerprint density at radius 1 is 1.48 bits per heavy atom. The fourth-order valence-electron chi connectivity index (χ4n) is 1.83. The van der Waals surface area contributed by atoms with E-state index < -0.39 is 18.1 Å². The number of carbonyl (C=O) groups excluding carboxylic acids is 2. The first-order valence-electron chi connectivity index (χ1n) is 6.68. The van der Waals surface area contributed by atoms with Gasteiger partial charge in [0.15, 0.2) is 0 Å². The number of rotatable bonds is 4. The van der Waals surface area contributed by atoms with Gasteiger partial charge in [-0.2, -0.15) is 0 Å². The van der Waals surface area contributed by atoms with E-state index in [2.05, 4.69) is 15.7 Å². The normalized spacial score (nSPS) is 19.6. The fraction of sp³-hybridized carbons (Fsp3) is 0.357. The van der Waals surface area contributed by atoms with Gasteiger partial charge in [-0.05, 0) is 26.0 Å². The van der Waals surface area contributed by atoms with Crippen molar-refractivity contribution in [3.8, 4) is 0 Å². The average molecular weight is 290 g/mol. The quantitative estimate of drug-likeness (QED) is 0.717. The molecule has 0 spiro atoms. The Balaban J connectivity index is 2.16. The van der Waals surface area contributed by atoms with Crippen LogP contribution in [0.3, 0.4) is 0 Å². The Bertz CT molecular complexity index is 557. The summed E-state index contributed by atoms with van der Waals surface area (Å²) in [7, 11) is 0. The second kappa shape index (κ2) is 6.36. The monoisotopic (exact) mass is 290 g/mol. The van der Waals surface area contributed by atoms with Gasteiger partial charge in [0.2, 0.25) is 5.84 Å². The average Bonchev–Trinajstić information content (AvgIpc) is 2.48. The Morgan fingerprint density at radius 3 is 2.76 bits per heavy atom. The number of amidine groups is 1. The van der Waals surface area contributed by atoms with E-state index in [-0.39, 0.29) is 18.3 Å². The van der Waals surface area contributed by atoms with E-state index in [0.29, 0.717) is 5.69 Å². The van der Waals surface area contributed by atoms with Crippen LogP contribution < -0.4 is 15.8 Å². The zero-order chi connectivity index (χ0) is 15.4. The molecule has 2 unspecified atom stereocenters. The Hall–Kier alpha value is -2.41. The van der Waals surface area contributed by atoms with E-state index in [4.69, 9.17) is 0 Å². The number of hydrazine groups is 1. The van der Waals surface area contributed by atoms with Gasteiger partial charge in [0.25, 0.3) is 11.8 Å². The standard InChI is InChI=1S/C14H18N4O3/c1-9(19)8-15-13(20)12-16-10(2)14(21)18(17-12)11-6-4-3-5-7-11/h3-7,9-10,19H,8H2,1-2H3,(H,15,20)(H,16,17). The third kappa shape index (κ3) is 3.57. The van der Waals surface area contributed by atoms with E-state index in [0.717, 1.165) is 0 Å². The lowest BCUT2D eigenvalue weighted by molar-refractivity contribution is -0.120. The lowest BCUT2D eigenvalue weighted by Gasteiger charge is -2.30. The van der Waals surface area contributed by atoms with Crippen molar-refractivity contribution in [3.05, 3.63) is 30.3 Å². The summed E-state index contributed by atoms with van der Waals surface area (Å²) in [5.74, 6) is -0.656. The maximum Gasteiger partial charge on any atom is 0.288 e. The molecule has 0 saturated carbocycles. The number of hydrogen-bond acceptors (Lipinski definition) is 5. The van der Waals surface area contributed by atoms with Gasteiger partial charge in [-0.25, -0.2) is 10.0 Å². The van der Waals surface area contributed by atoms with Crippen LogP contribution in [0.1, 0.15) is 13.8 Å². The summed E-state index contributed by atoms with van der Waals surface area (Å²) >= 11 is 0. The van der Waals surface area contributed by atoms with Crippen molar-refractivity contribution in [2.24, 2.45) is 4.99 Å². The zero-order valence-electron chi connectivity index (χ0n) is 11.9. The van der Waals surface area contributed by atoms with E-state index >= 15 is 0 Å². The van der Waals surface area contributed by atoms with Crippen LogP contribution in [0.5, 0.6) is 0 Å². The Kier molecular flexibility index (Phi) is 4.54. The van der Waals surface area contributed by atoms with Crippen molar-refractivity contribution in [1.82, 2.24) is 10.7 Å². The molecule has 1 aromatic rings. The number of benzene rings is 1. The highest BCUT2D eigenvalue weighted by Crippen LogP contribution is 2.15. The molecule has 0 saturated heterocycles. The first-order chi connectivity index (χ1) is 9.99. The van der Waals surface area contributed by atoms with Crippen LogP contribution in [-0.4, -0.2) is 41.4 Å². The number of aliphatic hydroxyl groups is 1. The molecule has 1 heterocycles. The van der Waals surface area contributed by atoms with Crippen LogP contribution in [0.2, 0.25) is 0 Å². The molecule has 7 heteroatoms. The number of aliphatic imine (C=N–C) groups is 1. The summed E-state index contributed by atoms with van der Waals surface area (Å²) in [5, 5.41) is 13.0. The SMILES string of the molecule is CC(O)CNC(=O)C1=NC(C)C(=O)N(c2ccccc2)N1. The predicted octanol–water partition coefficient (Wildman–Crippen LogP) is -0.178. The highest BCUT2D eigenvalue weighted by atomic mass is 16.3. The number of anilines is 1. The van der Waals surface area contributed by atoms with Crippen molar-refractivity contribution in [2.75, 3.05) is 11.6 Å².